The summed E-state index contributed by atoms with van der Waals surface area (Å²) in [6.07, 6.45) is 0. The maximum Gasteiger partial charge on any atom is 0.265 e. The number of rotatable bonds is 2. The van der Waals surface area contributed by atoms with Crippen molar-refractivity contribution >= 4 is 14.9 Å². The lowest BCUT2D eigenvalue weighted by Gasteiger charge is -1.99. The average molecular weight is 152 g/mol. The summed E-state index contributed by atoms with van der Waals surface area (Å²) in [7, 11) is -0.224. The Labute approximate surface area is 62.1 Å². The summed E-state index contributed by atoms with van der Waals surface area (Å²) in [6.45, 7) is 0.00370. The zero-order valence-electron chi connectivity index (χ0n) is 5.41. The van der Waals surface area contributed by atoms with Crippen molar-refractivity contribution in [3.63, 3.8) is 0 Å². The molecule has 2 nitrogen and oxygen atoms in total. The third-order valence-electron chi connectivity index (χ3n) is 1.31. The summed E-state index contributed by atoms with van der Waals surface area (Å²) >= 11 is 0. The van der Waals surface area contributed by atoms with Crippen LogP contribution >= 0.6 is 0 Å². The van der Waals surface area contributed by atoms with Crippen LogP contribution in [0.4, 0.5) is 0 Å². The summed E-state index contributed by atoms with van der Waals surface area (Å²) in [6, 6.07) is 7.30. The highest BCUT2D eigenvalue weighted by atomic mass is 28.2. The smallest absolute Gasteiger partial charge is 0.265 e. The van der Waals surface area contributed by atoms with Crippen molar-refractivity contribution in [2.45, 2.75) is 6.61 Å². The standard InChI is InChI=1S/C7H8O2Si/c8-5-6-3-1-2-4-7(6)10-9/h1-4,8-9H,5H2. The molecule has 0 aliphatic rings. The van der Waals surface area contributed by atoms with Crippen LogP contribution in [-0.2, 0) is 6.61 Å². The van der Waals surface area contributed by atoms with E-state index in [0.29, 0.717) is 0 Å². The fourth-order valence-corrected chi connectivity index (χ4v) is 1.24. The van der Waals surface area contributed by atoms with E-state index in [4.69, 9.17) is 9.90 Å². The van der Waals surface area contributed by atoms with Crippen molar-refractivity contribution in [1.82, 2.24) is 0 Å². The largest absolute Gasteiger partial charge is 0.428 e. The van der Waals surface area contributed by atoms with Crippen LogP contribution in [0.5, 0.6) is 0 Å². The van der Waals surface area contributed by atoms with Gasteiger partial charge in [0.2, 0.25) is 0 Å². The molecule has 0 unspecified atom stereocenters. The number of benzene rings is 1. The van der Waals surface area contributed by atoms with E-state index >= 15 is 0 Å². The minimum Gasteiger partial charge on any atom is -0.428 e. The van der Waals surface area contributed by atoms with E-state index in [1.54, 1.807) is 6.07 Å². The summed E-state index contributed by atoms with van der Waals surface area (Å²) < 4.78 is 0. The Kier molecular flexibility index (Phi) is 2.62. The molecule has 0 heterocycles. The summed E-state index contributed by atoms with van der Waals surface area (Å²) in [5, 5.41) is 9.57. The Balaban J connectivity index is 2.96. The van der Waals surface area contributed by atoms with Crippen LogP contribution in [0.1, 0.15) is 5.56 Å². The van der Waals surface area contributed by atoms with E-state index in [0.717, 1.165) is 10.8 Å². The van der Waals surface area contributed by atoms with Crippen LogP contribution in [0.3, 0.4) is 0 Å². The van der Waals surface area contributed by atoms with Crippen molar-refractivity contribution in [1.29, 1.82) is 0 Å². The van der Waals surface area contributed by atoms with Gasteiger partial charge >= 0.3 is 0 Å². The maximum absolute atomic E-state index is 8.77. The second kappa shape index (κ2) is 3.51. The van der Waals surface area contributed by atoms with Crippen LogP contribution in [-0.4, -0.2) is 19.7 Å². The molecule has 0 aromatic heterocycles. The first-order chi connectivity index (χ1) is 4.88. The Morgan fingerprint density at radius 1 is 1.30 bits per heavy atom. The van der Waals surface area contributed by atoms with Crippen LogP contribution in [0.2, 0.25) is 0 Å². The Morgan fingerprint density at radius 2 is 2.00 bits per heavy atom. The Hall–Kier alpha value is -0.643. The molecule has 0 spiro atoms. The molecule has 1 rings (SSSR count). The van der Waals surface area contributed by atoms with E-state index in [2.05, 4.69) is 0 Å². The van der Waals surface area contributed by atoms with Gasteiger partial charge in [0.05, 0.1) is 6.61 Å². The number of hydrogen-bond donors (Lipinski definition) is 2. The summed E-state index contributed by atoms with van der Waals surface area (Å²) in [4.78, 5) is 8.77. The fraction of sp³-hybridized carbons (Fsp3) is 0.143. The highest BCUT2D eigenvalue weighted by Crippen LogP contribution is 1.93. The normalized spacial score (nSPS) is 9.80. The third kappa shape index (κ3) is 1.44. The Bertz CT molecular complexity index is 190. The van der Waals surface area contributed by atoms with Gasteiger partial charge in [-0.3, -0.25) is 0 Å². The zero-order chi connectivity index (χ0) is 7.40. The third-order valence-corrected chi connectivity index (χ3v) is 2.04. The van der Waals surface area contributed by atoms with E-state index in [1.165, 1.54) is 0 Å². The molecular formula is C7H8O2Si. The molecule has 0 saturated carbocycles. The molecule has 0 fully saturated rings. The van der Waals surface area contributed by atoms with Gasteiger partial charge in [0.25, 0.3) is 9.76 Å². The molecule has 1 aromatic carbocycles. The molecule has 0 aliphatic carbocycles. The fourth-order valence-electron chi connectivity index (χ4n) is 0.767. The van der Waals surface area contributed by atoms with Crippen LogP contribution < -0.4 is 5.19 Å². The molecule has 2 N–H and O–H groups in total. The first-order valence-corrected chi connectivity index (χ1v) is 3.92. The minimum atomic E-state index is -0.224. The van der Waals surface area contributed by atoms with Crippen molar-refractivity contribution in [3.05, 3.63) is 29.8 Å². The monoisotopic (exact) mass is 152 g/mol. The molecule has 52 valence electrons. The van der Waals surface area contributed by atoms with E-state index in [1.807, 2.05) is 18.2 Å². The first-order valence-electron chi connectivity index (χ1n) is 2.97. The number of aliphatic hydroxyl groups is 1. The highest BCUT2D eigenvalue weighted by Gasteiger charge is 1.98. The van der Waals surface area contributed by atoms with Crippen molar-refractivity contribution in [3.8, 4) is 0 Å². The average Bonchev–Trinajstić information content (AvgIpc) is 2.04. The molecule has 3 heteroatoms. The van der Waals surface area contributed by atoms with Gasteiger partial charge in [-0.25, -0.2) is 0 Å². The zero-order valence-corrected chi connectivity index (χ0v) is 6.41. The predicted molar refractivity (Wildman–Crippen MR) is 40.0 cm³/mol. The highest BCUT2D eigenvalue weighted by molar-refractivity contribution is 6.46. The van der Waals surface area contributed by atoms with E-state index in [-0.39, 0.29) is 16.4 Å². The van der Waals surface area contributed by atoms with E-state index in [9.17, 15) is 0 Å². The molecule has 0 atom stereocenters. The van der Waals surface area contributed by atoms with Crippen molar-refractivity contribution in [2.24, 2.45) is 0 Å². The van der Waals surface area contributed by atoms with Gasteiger partial charge in [-0.05, 0) is 10.8 Å². The SMILES string of the molecule is OCc1ccccc1[Si]O. The molecule has 0 amide bonds. The van der Waals surface area contributed by atoms with Crippen LogP contribution in [0, 0.1) is 0 Å². The van der Waals surface area contributed by atoms with Gasteiger partial charge < -0.3 is 9.90 Å². The topological polar surface area (TPSA) is 40.5 Å². The summed E-state index contributed by atoms with van der Waals surface area (Å²) in [5.41, 5.74) is 0.809. The Morgan fingerprint density at radius 3 is 2.50 bits per heavy atom. The predicted octanol–water partition coefficient (Wildman–Crippen LogP) is -0.584. The maximum atomic E-state index is 8.77. The molecule has 0 aliphatic heterocycles. The van der Waals surface area contributed by atoms with E-state index < -0.39 is 0 Å². The van der Waals surface area contributed by atoms with Gasteiger partial charge in [-0.2, -0.15) is 0 Å². The second-order valence-electron chi connectivity index (χ2n) is 1.93. The molecule has 1 aromatic rings. The second-order valence-corrected chi connectivity index (χ2v) is 2.69. The summed E-state index contributed by atoms with van der Waals surface area (Å²) in [5.74, 6) is 0. The number of aliphatic hydroxyl groups excluding tert-OH is 1. The van der Waals surface area contributed by atoms with Gasteiger partial charge in [0.1, 0.15) is 0 Å². The lowest BCUT2D eigenvalue weighted by Crippen LogP contribution is -2.18. The van der Waals surface area contributed by atoms with Crippen molar-refractivity contribution < 1.29 is 9.90 Å². The number of hydrogen-bond acceptors (Lipinski definition) is 2. The van der Waals surface area contributed by atoms with Crippen molar-refractivity contribution in [2.75, 3.05) is 0 Å². The lowest BCUT2D eigenvalue weighted by molar-refractivity contribution is 0.282. The quantitative estimate of drug-likeness (QED) is 0.556. The van der Waals surface area contributed by atoms with Crippen LogP contribution in [0.15, 0.2) is 24.3 Å². The molecule has 0 saturated heterocycles. The first kappa shape index (κ1) is 7.46. The molecule has 2 radical (unpaired) electrons. The molecule has 10 heavy (non-hydrogen) atoms. The van der Waals surface area contributed by atoms with Gasteiger partial charge in [0.15, 0.2) is 0 Å². The van der Waals surface area contributed by atoms with Gasteiger partial charge in [-0.15, -0.1) is 0 Å². The molecular weight excluding hydrogens is 144 g/mol. The minimum absolute atomic E-state index is 0.00370. The van der Waals surface area contributed by atoms with Gasteiger partial charge in [0, 0.05) is 0 Å². The lowest BCUT2D eigenvalue weighted by atomic mass is 10.2. The van der Waals surface area contributed by atoms with Gasteiger partial charge in [-0.1, -0.05) is 24.3 Å². The van der Waals surface area contributed by atoms with Crippen LogP contribution in [0.25, 0.3) is 0 Å². The molecule has 0 bridgehead atoms.